The van der Waals surface area contributed by atoms with Crippen LogP contribution >= 0.6 is 0 Å². The fourth-order valence-corrected chi connectivity index (χ4v) is 2.72. The lowest BCUT2D eigenvalue weighted by atomic mass is 10.3. The zero-order valence-electron chi connectivity index (χ0n) is 10.6. The van der Waals surface area contributed by atoms with Crippen molar-refractivity contribution >= 4 is 33.4 Å². The van der Waals surface area contributed by atoms with E-state index in [1.54, 1.807) is 25.2 Å². The fourth-order valence-electron chi connectivity index (χ4n) is 1.70. The molecule has 19 heavy (non-hydrogen) atoms. The second-order valence-electron chi connectivity index (χ2n) is 4.14. The van der Waals surface area contributed by atoms with Gasteiger partial charge in [-0.3, -0.25) is 9.00 Å². The summed E-state index contributed by atoms with van der Waals surface area (Å²) in [5.41, 5.74) is 7.81. The molecule has 4 N–H and O–H groups in total. The number of nitrogens with zero attached hydrogens (tertiary/aromatic N) is 1. The smallest absolute Gasteiger partial charge is 0.219 e. The van der Waals surface area contributed by atoms with Crippen molar-refractivity contribution in [2.75, 3.05) is 18.5 Å². The van der Waals surface area contributed by atoms with Gasteiger partial charge in [-0.05, 0) is 24.6 Å². The second-order valence-corrected chi connectivity index (χ2v) is 5.63. The van der Waals surface area contributed by atoms with Crippen molar-refractivity contribution in [1.29, 1.82) is 0 Å². The van der Waals surface area contributed by atoms with Crippen molar-refractivity contribution in [3.8, 4) is 0 Å². The highest BCUT2D eigenvalue weighted by molar-refractivity contribution is 7.84. The summed E-state index contributed by atoms with van der Waals surface area (Å²) in [5.74, 6) is 0.359. The van der Waals surface area contributed by atoms with Crippen LogP contribution in [-0.2, 0) is 15.6 Å². The van der Waals surface area contributed by atoms with E-state index < -0.39 is 10.8 Å². The van der Waals surface area contributed by atoms with E-state index in [-0.39, 0.29) is 5.91 Å². The predicted octanol–water partition coefficient (Wildman–Crippen LogP) is 0.779. The van der Waals surface area contributed by atoms with Crippen LogP contribution in [0.2, 0.25) is 0 Å². The lowest BCUT2D eigenvalue weighted by molar-refractivity contribution is -0.120. The minimum absolute atomic E-state index is 0.0469. The molecule has 1 aromatic heterocycles. The van der Waals surface area contributed by atoms with E-state index >= 15 is 0 Å². The highest BCUT2D eigenvalue weighted by atomic mass is 32.2. The summed E-state index contributed by atoms with van der Waals surface area (Å²) in [6, 6.07) is 5.29. The van der Waals surface area contributed by atoms with E-state index in [0.29, 0.717) is 29.4 Å². The molecule has 0 aliphatic carbocycles. The molecule has 2 rings (SSSR count). The summed E-state index contributed by atoms with van der Waals surface area (Å²) in [5, 5.41) is 2.96. The number of aromatic amines is 1. The zero-order valence-corrected chi connectivity index (χ0v) is 11.4. The number of nitrogens with two attached hydrogens (primary N) is 1. The van der Waals surface area contributed by atoms with Crippen molar-refractivity contribution in [2.24, 2.45) is 0 Å². The van der Waals surface area contributed by atoms with Crippen LogP contribution in [0.3, 0.4) is 0 Å². The Hall–Kier alpha value is -1.89. The SMILES string of the molecule is CNC(=O)CCCS(=O)c1nc2ccc(N)cc2[nH]1. The number of rotatable bonds is 5. The number of nitrogens with one attached hydrogen (secondary N) is 2. The number of fused-ring (bicyclic) bond motifs is 1. The van der Waals surface area contributed by atoms with Gasteiger partial charge in [0.2, 0.25) is 5.91 Å². The largest absolute Gasteiger partial charge is 0.399 e. The number of nitrogen functional groups attached to an aromatic ring is 1. The van der Waals surface area contributed by atoms with Crippen LogP contribution in [-0.4, -0.2) is 32.9 Å². The number of H-pyrrole nitrogens is 1. The molecule has 102 valence electrons. The Morgan fingerprint density at radius 3 is 3.05 bits per heavy atom. The number of anilines is 1. The Labute approximate surface area is 113 Å². The van der Waals surface area contributed by atoms with Gasteiger partial charge in [0.25, 0.3) is 0 Å². The highest BCUT2D eigenvalue weighted by Gasteiger charge is 2.10. The Kier molecular flexibility index (Phi) is 4.16. The molecule has 2 aromatic rings. The van der Waals surface area contributed by atoms with Gasteiger partial charge in [-0.25, -0.2) is 4.98 Å². The van der Waals surface area contributed by atoms with Crippen molar-refractivity contribution in [3.05, 3.63) is 18.2 Å². The van der Waals surface area contributed by atoms with E-state index in [9.17, 15) is 9.00 Å². The second kappa shape index (κ2) is 5.83. The quantitative estimate of drug-likeness (QED) is 0.704. The normalized spacial score (nSPS) is 12.5. The molecule has 1 amide bonds. The molecule has 6 nitrogen and oxygen atoms in total. The summed E-state index contributed by atoms with van der Waals surface area (Å²) in [4.78, 5) is 18.3. The van der Waals surface area contributed by atoms with Gasteiger partial charge < -0.3 is 16.0 Å². The average molecular weight is 280 g/mol. The first kappa shape index (κ1) is 13.5. The molecule has 0 saturated carbocycles. The Morgan fingerprint density at radius 2 is 2.32 bits per heavy atom. The monoisotopic (exact) mass is 280 g/mol. The topological polar surface area (TPSA) is 101 Å². The first-order chi connectivity index (χ1) is 9.10. The molecule has 0 bridgehead atoms. The molecule has 1 atom stereocenters. The average Bonchev–Trinajstić information content (AvgIpc) is 2.81. The zero-order chi connectivity index (χ0) is 13.8. The molecule has 1 aromatic carbocycles. The molecular formula is C12H16N4O2S. The molecule has 7 heteroatoms. The third-order valence-electron chi connectivity index (χ3n) is 2.71. The maximum Gasteiger partial charge on any atom is 0.219 e. The van der Waals surface area contributed by atoms with Crippen LogP contribution in [0.15, 0.2) is 23.4 Å². The van der Waals surface area contributed by atoms with E-state index in [0.717, 1.165) is 11.0 Å². The first-order valence-electron chi connectivity index (χ1n) is 5.94. The first-order valence-corrected chi connectivity index (χ1v) is 7.26. The summed E-state index contributed by atoms with van der Waals surface area (Å²) in [7, 11) is 0.358. The van der Waals surface area contributed by atoms with E-state index in [2.05, 4.69) is 15.3 Å². The molecule has 0 saturated heterocycles. The Balaban J connectivity index is 2.03. The number of aromatic nitrogens is 2. The van der Waals surface area contributed by atoms with Crippen molar-refractivity contribution < 1.29 is 9.00 Å². The van der Waals surface area contributed by atoms with Gasteiger partial charge >= 0.3 is 0 Å². The number of benzene rings is 1. The molecular weight excluding hydrogens is 264 g/mol. The van der Waals surface area contributed by atoms with Crippen molar-refractivity contribution in [3.63, 3.8) is 0 Å². The van der Waals surface area contributed by atoms with E-state index in [1.807, 2.05) is 0 Å². The van der Waals surface area contributed by atoms with Crippen LogP contribution in [0.5, 0.6) is 0 Å². The molecule has 0 aliphatic heterocycles. The number of carbonyl (C=O) groups excluding carboxylic acids is 1. The maximum atomic E-state index is 12.0. The van der Waals surface area contributed by atoms with Gasteiger partial charge in [0, 0.05) is 24.9 Å². The summed E-state index contributed by atoms with van der Waals surface area (Å²) < 4.78 is 12.0. The third-order valence-corrected chi connectivity index (χ3v) is 4.00. The summed E-state index contributed by atoms with van der Waals surface area (Å²) >= 11 is 0. The lowest BCUT2D eigenvalue weighted by Gasteiger charge is -1.99. The number of amides is 1. The van der Waals surface area contributed by atoms with E-state index in [4.69, 9.17) is 5.73 Å². The molecule has 0 fully saturated rings. The van der Waals surface area contributed by atoms with Crippen molar-refractivity contribution in [2.45, 2.75) is 18.0 Å². The van der Waals surface area contributed by atoms with Gasteiger partial charge in [-0.1, -0.05) is 0 Å². The minimum atomic E-state index is -1.23. The van der Waals surface area contributed by atoms with Gasteiger partial charge in [-0.2, -0.15) is 0 Å². The summed E-state index contributed by atoms with van der Waals surface area (Å²) in [6.07, 6.45) is 0.931. The maximum absolute atomic E-state index is 12.0. The van der Waals surface area contributed by atoms with Crippen LogP contribution < -0.4 is 11.1 Å². The van der Waals surface area contributed by atoms with Crippen LogP contribution in [0.1, 0.15) is 12.8 Å². The number of hydrogen-bond donors (Lipinski definition) is 3. The van der Waals surface area contributed by atoms with Crippen LogP contribution in [0.25, 0.3) is 11.0 Å². The number of carbonyl (C=O) groups is 1. The fraction of sp³-hybridized carbons (Fsp3) is 0.333. The van der Waals surface area contributed by atoms with Gasteiger partial charge in [0.05, 0.1) is 21.8 Å². The van der Waals surface area contributed by atoms with Gasteiger partial charge in [-0.15, -0.1) is 0 Å². The molecule has 1 unspecified atom stereocenters. The lowest BCUT2D eigenvalue weighted by Crippen LogP contribution is -2.18. The third kappa shape index (κ3) is 3.31. The Bertz CT molecular complexity index is 623. The Morgan fingerprint density at radius 1 is 1.53 bits per heavy atom. The predicted molar refractivity (Wildman–Crippen MR) is 75.1 cm³/mol. The molecule has 0 aliphatic rings. The van der Waals surface area contributed by atoms with Crippen molar-refractivity contribution in [1.82, 2.24) is 15.3 Å². The van der Waals surface area contributed by atoms with Crippen LogP contribution in [0.4, 0.5) is 5.69 Å². The standard InChI is InChI=1S/C12H16N4O2S/c1-14-11(17)3-2-6-19(18)12-15-9-5-4-8(13)7-10(9)16-12/h4-5,7H,2-3,6,13H2,1H3,(H,14,17)(H,15,16). The van der Waals surface area contributed by atoms with Gasteiger partial charge in [0.15, 0.2) is 5.16 Å². The number of hydrogen-bond acceptors (Lipinski definition) is 4. The minimum Gasteiger partial charge on any atom is -0.399 e. The molecule has 1 heterocycles. The molecule has 0 radical (unpaired) electrons. The van der Waals surface area contributed by atoms with E-state index in [1.165, 1.54) is 0 Å². The van der Waals surface area contributed by atoms with Crippen LogP contribution in [0, 0.1) is 0 Å². The van der Waals surface area contributed by atoms with Gasteiger partial charge in [0.1, 0.15) is 0 Å². The molecule has 0 spiro atoms. The highest BCUT2D eigenvalue weighted by Crippen LogP contribution is 2.16. The summed E-state index contributed by atoms with van der Waals surface area (Å²) in [6.45, 7) is 0. The number of imidazole rings is 1.